The molecule has 1 aliphatic carbocycles. The van der Waals surface area contributed by atoms with Gasteiger partial charge in [-0.1, -0.05) is 6.92 Å². The van der Waals surface area contributed by atoms with Crippen LogP contribution in [0.1, 0.15) is 32.6 Å². The Labute approximate surface area is 103 Å². The van der Waals surface area contributed by atoms with E-state index in [9.17, 15) is 4.79 Å². The van der Waals surface area contributed by atoms with E-state index in [2.05, 4.69) is 32.8 Å². The van der Waals surface area contributed by atoms with Crippen molar-refractivity contribution in [1.82, 2.24) is 9.97 Å². The Balaban J connectivity index is 2.04. The van der Waals surface area contributed by atoms with Gasteiger partial charge in [-0.05, 0) is 47.5 Å². The lowest BCUT2D eigenvalue weighted by Crippen LogP contribution is -2.24. The standard InChI is InChI=1S/C11H15BrN2O2/c1-7-2-4-8(5-3-7)16-11-9(12)10(15)13-6-14-11/h6-8H,2-5H2,1H3,(H,13,14,15). The zero-order valence-electron chi connectivity index (χ0n) is 9.20. The third-order valence-electron chi connectivity index (χ3n) is 3.01. The number of rotatable bonds is 2. The summed E-state index contributed by atoms with van der Waals surface area (Å²) >= 11 is 3.19. The fourth-order valence-corrected chi connectivity index (χ4v) is 2.26. The molecule has 4 nitrogen and oxygen atoms in total. The largest absolute Gasteiger partial charge is 0.473 e. The molecule has 0 aliphatic heterocycles. The summed E-state index contributed by atoms with van der Waals surface area (Å²) in [6, 6.07) is 0. The van der Waals surface area contributed by atoms with Gasteiger partial charge in [0.1, 0.15) is 10.6 Å². The van der Waals surface area contributed by atoms with E-state index >= 15 is 0 Å². The number of aromatic amines is 1. The predicted octanol–water partition coefficient (Wildman–Crippen LogP) is 2.49. The molecule has 5 heteroatoms. The lowest BCUT2D eigenvalue weighted by molar-refractivity contribution is 0.129. The molecule has 16 heavy (non-hydrogen) atoms. The van der Waals surface area contributed by atoms with Crippen LogP contribution in [0.3, 0.4) is 0 Å². The van der Waals surface area contributed by atoms with Crippen molar-refractivity contribution in [3.05, 3.63) is 21.2 Å². The molecule has 88 valence electrons. The van der Waals surface area contributed by atoms with Crippen LogP contribution in [0.2, 0.25) is 0 Å². The molecule has 0 radical (unpaired) electrons. The van der Waals surface area contributed by atoms with Gasteiger partial charge in [0.2, 0.25) is 5.88 Å². The predicted molar refractivity (Wildman–Crippen MR) is 64.6 cm³/mol. The Bertz CT molecular complexity index is 411. The van der Waals surface area contributed by atoms with Crippen LogP contribution in [0.15, 0.2) is 15.6 Å². The molecule has 0 aromatic carbocycles. The van der Waals surface area contributed by atoms with Gasteiger partial charge in [-0.3, -0.25) is 4.79 Å². The van der Waals surface area contributed by atoms with Crippen LogP contribution >= 0.6 is 15.9 Å². The Kier molecular flexibility index (Phi) is 3.63. The molecule has 0 amide bonds. The number of ether oxygens (including phenoxy) is 1. The number of nitrogens with one attached hydrogen (secondary N) is 1. The van der Waals surface area contributed by atoms with Crippen LogP contribution in [0, 0.1) is 5.92 Å². The van der Waals surface area contributed by atoms with Crippen molar-refractivity contribution in [2.45, 2.75) is 38.7 Å². The SMILES string of the molecule is CC1CCC(Oc2nc[nH]c(=O)c2Br)CC1. The summed E-state index contributed by atoms with van der Waals surface area (Å²) in [4.78, 5) is 17.8. The summed E-state index contributed by atoms with van der Waals surface area (Å²) in [5.74, 6) is 1.19. The third-order valence-corrected chi connectivity index (χ3v) is 3.71. The maximum Gasteiger partial charge on any atom is 0.268 e. The van der Waals surface area contributed by atoms with Crippen molar-refractivity contribution < 1.29 is 4.74 Å². The molecular formula is C11H15BrN2O2. The van der Waals surface area contributed by atoms with E-state index in [1.54, 1.807) is 0 Å². The minimum absolute atomic E-state index is 0.196. The average molecular weight is 287 g/mol. The van der Waals surface area contributed by atoms with Crippen LogP contribution in [-0.4, -0.2) is 16.1 Å². The minimum atomic E-state index is -0.200. The van der Waals surface area contributed by atoms with Gasteiger partial charge in [-0.15, -0.1) is 0 Å². The van der Waals surface area contributed by atoms with Crippen LogP contribution in [0.5, 0.6) is 5.88 Å². The number of halogens is 1. The van der Waals surface area contributed by atoms with E-state index in [4.69, 9.17) is 4.74 Å². The van der Waals surface area contributed by atoms with E-state index in [-0.39, 0.29) is 11.7 Å². The molecule has 1 heterocycles. The van der Waals surface area contributed by atoms with E-state index in [0.29, 0.717) is 10.4 Å². The summed E-state index contributed by atoms with van der Waals surface area (Å²) < 4.78 is 6.12. The normalized spacial score (nSPS) is 25.4. The highest BCUT2D eigenvalue weighted by molar-refractivity contribution is 9.10. The van der Waals surface area contributed by atoms with Crippen molar-refractivity contribution >= 4 is 15.9 Å². The molecular weight excluding hydrogens is 272 g/mol. The summed E-state index contributed by atoms with van der Waals surface area (Å²) in [7, 11) is 0. The summed E-state index contributed by atoms with van der Waals surface area (Å²) in [5.41, 5.74) is -0.200. The van der Waals surface area contributed by atoms with Gasteiger partial charge in [-0.25, -0.2) is 4.98 Å². The first-order valence-electron chi connectivity index (χ1n) is 5.56. The maximum absolute atomic E-state index is 11.3. The summed E-state index contributed by atoms with van der Waals surface area (Å²) in [6.07, 6.45) is 6.02. The molecule has 1 fully saturated rings. The fourth-order valence-electron chi connectivity index (χ4n) is 1.95. The van der Waals surface area contributed by atoms with Crippen molar-refractivity contribution in [2.75, 3.05) is 0 Å². The quantitative estimate of drug-likeness (QED) is 0.909. The molecule has 0 spiro atoms. The Morgan fingerprint density at radius 2 is 2.12 bits per heavy atom. The second kappa shape index (κ2) is 4.99. The van der Waals surface area contributed by atoms with Gasteiger partial charge in [0.25, 0.3) is 5.56 Å². The van der Waals surface area contributed by atoms with Crippen LogP contribution in [0.25, 0.3) is 0 Å². The average Bonchev–Trinajstić information content (AvgIpc) is 2.28. The molecule has 1 N–H and O–H groups in total. The Morgan fingerprint density at radius 1 is 1.44 bits per heavy atom. The topological polar surface area (TPSA) is 55.0 Å². The summed E-state index contributed by atoms with van der Waals surface area (Å²) in [5, 5.41) is 0. The zero-order chi connectivity index (χ0) is 11.5. The number of aromatic nitrogens is 2. The molecule has 1 aliphatic rings. The van der Waals surface area contributed by atoms with Gasteiger partial charge >= 0.3 is 0 Å². The Morgan fingerprint density at radius 3 is 2.81 bits per heavy atom. The lowest BCUT2D eigenvalue weighted by atomic mass is 9.89. The second-order valence-electron chi connectivity index (χ2n) is 4.35. The van der Waals surface area contributed by atoms with E-state index in [1.807, 2.05) is 0 Å². The third kappa shape index (κ3) is 2.64. The van der Waals surface area contributed by atoms with Gasteiger partial charge < -0.3 is 9.72 Å². The highest BCUT2D eigenvalue weighted by Gasteiger charge is 2.21. The summed E-state index contributed by atoms with van der Waals surface area (Å²) in [6.45, 7) is 2.26. The van der Waals surface area contributed by atoms with E-state index in [1.165, 1.54) is 19.2 Å². The molecule has 1 saturated carbocycles. The van der Waals surface area contributed by atoms with Crippen molar-refractivity contribution in [1.29, 1.82) is 0 Å². The maximum atomic E-state index is 11.3. The molecule has 1 aromatic heterocycles. The lowest BCUT2D eigenvalue weighted by Gasteiger charge is -2.26. The second-order valence-corrected chi connectivity index (χ2v) is 5.14. The molecule has 2 rings (SSSR count). The van der Waals surface area contributed by atoms with Gasteiger partial charge in [0.05, 0.1) is 6.33 Å². The highest BCUT2D eigenvalue weighted by atomic mass is 79.9. The van der Waals surface area contributed by atoms with E-state index < -0.39 is 0 Å². The van der Waals surface area contributed by atoms with Crippen molar-refractivity contribution in [3.8, 4) is 5.88 Å². The first-order chi connectivity index (χ1) is 7.66. The van der Waals surface area contributed by atoms with Crippen molar-refractivity contribution in [3.63, 3.8) is 0 Å². The minimum Gasteiger partial charge on any atom is -0.473 e. The van der Waals surface area contributed by atoms with Crippen molar-refractivity contribution in [2.24, 2.45) is 5.92 Å². The zero-order valence-corrected chi connectivity index (χ0v) is 10.8. The number of nitrogens with zero attached hydrogens (tertiary/aromatic N) is 1. The molecule has 1 aromatic rings. The highest BCUT2D eigenvalue weighted by Crippen LogP contribution is 2.28. The number of hydrogen-bond acceptors (Lipinski definition) is 3. The monoisotopic (exact) mass is 286 g/mol. The smallest absolute Gasteiger partial charge is 0.268 e. The van der Waals surface area contributed by atoms with Gasteiger partial charge in [-0.2, -0.15) is 0 Å². The molecule has 0 saturated heterocycles. The fraction of sp³-hybridized carbons (Fsp3) is 0.636. The van der Waals surface area contributed by atoms with Gasteiger partial charge in [0.15, 0.2) is 0 Å². The Hall–Kier alpha value is -0.840. The first-order valence-corrected chi connectivity index (χ1v) is 6.36. The number of hydrogen-bond donors (Lipinski definition) is 1. The number of H-pyrrole nitrogens is 1. The van der Waals surface area contributed by atoms with E-state index in [0.717, 1.165) is 18.8 Å². The van der Waals surface area contributed by atoms with Crippen LogP contribution < -0.4 is 10.3 Å². The molecule has 0 atom stereocenters. The van der Waals surface area contributed by atoms with Crippen LogP contribution in [0.4, 0.5) is 0 Å². The van der Waals surface area contributed by atoms with Crippen LogP contribution in [-0.2, 0) is 0 Å². The first kappa shape index (κ1) is 11.6. The molecule has 0 unspecified atom stereocenters. The van der Waals surface area contributed by atoms with Gasteiger partial charge in [0, 0.05) is 0 Å². The molecule has 0 bridgehead atoms.